The van der Waals surface area contributed by atoms with Crippen molar-refractivity contribution in [3.05, 3.63) is 0 Å². The lowest BCUT2D eigenvalue weighted by Gasteiger charge is -2.47. The van der Waals surface area contributed by atoms with E-state index < -0.39 is 70.7 Å². The third-order valence-electron chi connectivity index (χ3n) is 4.01. The van der Waals surface area contributed by atoms with Crippen LogP contribution < -0.4 is 0 Å². The molecule has 180 valence electrons. The summed E-state index contributed by atoms with van der Waals surface area (Å²) in [5.41, 5.74) is 0. The van der Waals surface area contributed by atoms with Crippen LogP contribution in [-0.4, -0.2) is 58.2 Å². The van der Waals surface area contributed by atoms with Crippen LogP contribution >= 0.6 is 0 Å². The highest BCUT2D eigenvalue weighted by Crippen LogP contribution is 2.54. The Morgan fingerprint density at radius 1 is 0.533 bits per heavy atom. The fourth-order valence-electron chi connectivity index (χ4n) is 3.36. The van der Waals surface area contributed by atoms with Crippen LogP contribution in [0.1, 0.15) is 6.42 Å². The Labute approximate surface area is 173 Å². The van der Waals surface area contributed by atoms with Gasteiger partial charge in [-0.25, -0.2) is 0 Å². The topological polar surface area (TPSA) is 36.9 Å². The van der Waals surface area contributed by atoms with Gasteiger partial charge in [0, 0.05) is 6.42 Å². The predicted octanol–water partition coefficient (Wildman–Crippen LogP) is 6.10. The largest absolute Gasteiger partial charge is 0.460 e. The minimum Gasteiger partial charge on any atom is -0.416 e. The molecule has 1 saturated heterocycles. The molecule has 0 aromatic heterocycles. The van der Waals surface area contributed by atoms with E-state index in [1.807, 2.05) is 0 Å². The fraction of sp³-hybridized carbons (Fsp3) is 1.00. The van der Waals surface area contributed by atoms with E-state index in [0.29, 0.717) is 0 Å². The van der Waals surface area contributed by atoms with E-state index in [2.05, 4.69) is 0 Å². The first-order valence-corrected chi connectivity index (χ1v) is 19.8. The summed E-state index contributed by atoms with van der Waals surface area (Å²) in [4.78, 5) is 0. The van der Waals surface area contributed by atoms with E-state index in [1.54, 1.807) is 39.3 Å². The second-order valence-electron chi connectivity index (χ2n) is 8.59. The molecule has 0 aromatic rings. The molecule has 0 bridgehead atoms. The summed E-state index contributed by atoms with van der Waals surface area (Å²) in [6.07, 6.45) is -8.85. The number of halogens is 9. The second kappa shape index (κ2) is 7.84. The maximum Gasteiger partial charge on any atom is 0.460 e. The van der Waals surface area contributed by atoms with Gasteiger partial charge in [-0.05, 0) is 51.9 Å². The van der Waals surface area contributed by atoms with E-state index in [-0.39, 0.29) is 0 Å². The van der Waals surface area contributed by atoms with Crippen LogP contribution in [0.5, 0.6) is 0 Å². The highest BCUT2D eigenvalue weighted by Gasteiger charge is 2.81. The number of rotatable bonds is 5. The molecule has 1 fully saturated rings. The lowest BCUT2D eigenvalue weighted by atomic mass is 10.0. The first kappa shape index (κ1) is 28.1. The SMILES string of the molecule is C[Si]1(C)O[Si](C)(C)O[Si](C)(CCC(F)(F)C(F)(F)C(F)(F)C(F)(F)F)O[Si](C)(C)O1. The molecule has 1 heterocycles. The lowest BCUT2D eigenvalue weighted by molar-refractivity contribution is -0.396. The van der Waals surface area contributed by atoms with Gasteiger partial charge in [0.2, 0.25) is 0 Å². The molecule has 30 heavy (non-hydrogen) atoms. The van der Waals surface area contributed by atoms with Crippen molar-refractivity contribution in [2.75, 3.05) is 0 Å². The first-order valence-electron chi connectivity index (χ1n) is 8.79. The van der Waals surface area contributed by atoms with Crippen LogP contribution in [-0.2, 0) is 16.5 Å². The van der Waals surface area contributed by atoms with Crippen molar-refractivity contribution in [3.63, 3.8) is 0 Å². The van der Waals surface area contributed by atoms with Crippen molar-refractivity contribution >= 4 is 34.2 Å². The molecule has 0 unspecified atom stereocenters. The standard InChI is InChI=1S/C13H25F9O4Si4/c1-27(2)23-28(3,4)25-30(7,26-29(5,6)24-27)9-8-10(14,15)11(16,17)12(18,19)13(20,21)22/h8-9H2,1-7H3. The molecule has 4 nitrogen and oxygen atoms in total. The molecule has 0 spiro atoms. The van der Waals surface area contributed by atoms with Crippen molar-refractivity contribution in [3.8, 4) is 0 Å². The average molecular weight is 529 g/mol. The smallest absolute Gasteiger partial charge is 0.416 e. The molecule has 0 N–H and O–H groups in total. The van der Waals surface area contributed by atoms with Gasteiger partial charge in [0.05, 0.1) is 0 Å². The van der Waals surface area contributed by atoms with Gasteiger partial charge in [-0.2, -0.15) is 39.5 Å². The highest BCUT2D eigenvalue weighted by molar-refractivity contribution is 6.93. The van der Waals surface area contributed by atoms with E-state index >= 15 is 0 Å². The van der Waals surface area contributed by atoms with Crippen molar-refractivity contribution in [1.82, 2.24) is 0 Å². The van der Waals surface area contributed by atoms with Crippen LogP contribution in [0.25, 0.3) is 0 Å². The molecule has 17 heteroatoms. The Hall–Kier alpha value is 0.0775. The number of alkyl halides is 9. The van der Waals surface area contributed by atoms with Crippen LogP contribution in [0.15, 0.2) is 0 Å². The van der Waals surface area contributed by atoms with Gasteiger partial charge < -0.3 is 16.5 Å². The minimum absolute atomic E-state index is 0.967. The Morgan fingerprint density at radius 3 is 1.20 bits per heavy atom. The number of hydrogen-bond donors (Lipinski definition) is 0. The summed E-state index contributed by atoms with van der Waals surface area (Å²) in [6, 6.07) is -0.967. The Bertz CT molecular complexity index is 619. The van der Waals surface area contributed by atoms with Crippen LogP contribution in [0, 0.1) is 0 Å². The minimum atomic E-state index is -6.92. The van der Waals surface area contributed by atoms with Crippen molar-refractivity contribution in [2.45, 2.75) is 82.2 Å². The second-order valence-corrected chi connectivity index (χ2v) is 23.0. The Morgan fingerprint density at radius 2 is 0.867 bits per heavy atom. The molecular formula is C13H25F9O4Si4. The monoisotopic (exact) mass is 528 g/mol. The maximum atomic E-state index is 14.0. The molecule has 0 saturated carbocycles. The molecule has 0 amide bonds. The lowest BCUT2D eigenvalue weighted by Crippen LogP contribution is -2.65. The Balaban J connectivity index is 3.18. The van der Waals surface area contributed by atoms with Crippen LogP contribution in [0.2, 0.25) is 51.9 Å². The molecule has 1 aliphatic heterocycles. The summed E-state index contributed by atoms with van der Waals surface area (Å²) >= 11 is 0. The normalized spacial score (nSPS) is 24.8. The van der Waals surface area contributed by atoms with E-state index in [1.165, 1.54) is 6.55 Å². The summed E-state index contributed by atoms with van der Waals surface area (Å²) in [6.45, 7) is 10.9. The fourth-order valence-corrected chi connectivity index (χ4v) is 24.9. The molecule has 0 radical (unpaired) electrons. The molecule has 0 aliphatic carbocycles. The van der Waals surface area contributed by atoms with Crippen molar-refractivity contribution < 1.29 is 56.0 Å². The van der Waals surface area contributed by atoms with E-state index in [9.17, 15) is 39.5 Å². The van der Waals surface area contributed by atoms with Crippen LogP contribution in [0.4, 0.5) is 39.5 Å². The van der Waals surface area contributed by atoms with E-state index in [0.717, 1.165) is 0 Å². The zero-order chi connectivity index (χ0) is 24.2. The summed E-state index contributed by atoms with van der Waals surface area (Å²) in [5, 5.41) is 0. The molecular weight excluding hydrogens is 503 g/mol. The molecule has 1 aliphatic rings. The van der Waals surface area contributed by atoms with E-state index in [4.69, 9.17) is 16.5 Å². The zero-order valence-corrected chi connectivity index (χ0v) is 21.4. The molecule has 0 atom stereocenters. The van der Waals surface area contributed by atoms with Gasteiger partial charge in [-0.15, -0.1) is 0 Å². The highest BCUT2D eigenvalue weighted by atomic mass is 28.5. The average Bonchev–Trinajstić information content (AvgIpc) is 2.38. The zero-order valence-electron chi connectivity index (χ0n) is 17.4. The predicted molar refractivity (Wildman–Crippen MR) is 98.7 cm³/mol. The number of hydrogen-bond acceptors (Lipinski definition) is 4. The summed E-state index contributed by atoms with van der Waals surface area (Å²) in [7, 11) is -12.7. The third-order valence-corrected chi connectivity index (χ3v) is 20.4. The quantitative estimate of drug-likeness (QED) is 0.319. The van der Waals surface area contributed by atoms with Gasteiger partial charge in [-0.1, -0.05) is 0 Å². The van der Waals surface area contributed by atoms with Gasteiger partial charge in [-0.3, -0.25) is 0 Å². The van der Waals surface area contributed by atoms with Gasteiger partial charge in [0.25, 0.3) is 0 Å². The first-order chi connectivity index (χ1) is 12.8. The van der Waals surface area contributed by atoms with Crippen molar-refractivity contribution in [2.24, 2.45) is 0 Å². The summed E-state index contributed by atoms with van der Waals surface area (Å²) < 4.78 is 142. The third kappa shape index (κ3) is 6.10. The van der Waals surface area contributed by atoms with Crippen LogP contribution in [0.3, 0.4) is 0 Å². The van der Waals surface area contributed by atoms with Gasteiger partial charge in [0.1, 0.15) is 0 Å². The Kier molecular flexibility index (Phi) is 7.35. The molecule has 0 aromatic carbocycles. The van der Waals surface area contributed by atoms with Gasteiger partial charge >= 0.3 is 58.2 Å². The molecule has 1 rings (SSSR count). The van der Waals surface area contributed by atoms with Crippen molar-refractivity contribution in [1.29, 1.82) is 0 Å². The maximum absolute atomic E-state index is 14.0. The van der Waals surface area contributed by atoms with Gasteiger partial charge in [0.15, 0.2) is 0 Å². The summed E-state index contributed by atoms with van der Waals surface area (Å²) in [5.74, 6) is -19.3.